The monoisotopic (exact) mass is 416 g/mol. The van der Waals surface area contributed by atoms with Crippen molar-refractivity contribution in [2.24, 2.45) is 0 Å². The fourth-order valence-electron chi connectivity index (χ4n) is 3.25. The molecular formula is C20H25ClN6O2. The number of imidazole rings is 1. The van der Waals surface area contributed by atoms with Gasteiger partial charge in [0, 0.05) is 24.7 Å². The molecule has 0 unspecified atom stereocenters. The van der Waals surface area contributed by atoms with Crippen LogP contribution in [0.25, 0.3) is 0 Å². The number of anilines is 1. The summed E-state index contributed by atoms with van der Waals surface area (Å²) in [5.74, 6) is 0.631. The fraction of sp³-hybridized carbons (Fsp3) is 0.400. The largest absolute Gasteiger partial charge is 0.478 e. The Morgan fingerprint density at radius 1 is 1.31 bits per heavy atom. The predicted octanol–water partition coefficient (Wildman–Crippen LogP) is 3.05. The smallest absolute Gasteiger partial charge is 0.285 e. The minimum atomic E-state index is -0.384. The summed E-state index contributed by atoms with van der Waals surface area (Å²) in [7, 11) is 0. The zero-order valence-electron chi connectivity index (χ0n) is 16.9. The third-order valence-corrected chi connectivity index (χ3v) is 4.88. The summed E-state index contributed by atoms with van der Waals surface area (Å²) >= 11 is 6.14. The van der Waals surface area contributed by atoms with Gasteiger partial charge in [-0.25, -0.2) is 15.1 Å². The standard InChI is InChI=1S/C18H19ClN6O2.C2H6/c1-2-27-16-5-3-4-12(22-16)9-25-11-20-13-10-24(7-6-14(13)25)15-8-21-23-18(26)17(15)19;1-2/h3-5,8,11H,2,6-7,9-10H2,1H3,(H,23,26);1-2H3. The average Bonchev–Trinajstić information content (AvgIpc) is 3.14. The van der Waals surface area contributed by atoms with Gasteiger partial charge in [-0.3, -0.25) is 4.79 Å². The minimum absolute atomic E-state index is 0.157. The van der Waals surface area contributed by atoms with E-state index in [9.17, 15) is 4.79 Å². The number of aromatic amines is 1. The lowest BCUT2D eigenvalue weighted by Crippen LogP contribution is -2.32. The summed E-state index contributed by atoms with van der Waals surface area (Å²) < 4.78 is 7.59. The van der Waals surface area contributed by atoms with Gasteiger partial charge in [0.25, 0.3) is 5.56 Å². The molecule has 3 aromatic heterocycles. The van der Waals surface area contributed by atoms with Gasteiger partial charge in [-0.1, -0.05) is 31.5 Å². The van der Waals surface area contributed by atoms with Crippen molar-refractivity contribution in [3.8, 4) is 5.88 Å². The van der Waals surface area contributed by atoms with E-state index in [0.29, 0.717) is 31.3 Å². The number of ether oxygens (including phenoxy) is 1. The van der Waals surface area contributed by atoms with Crippen LogP contribution in [-0.4, -0.2) is 37.9 Å². The first-order chi connectivity index (χ1) is 14.2. The summed E-state index contributed by atoms with van der Waals surface area (Å²) in [6.45, 7) is 8.48. The molecule has 0 amide bonds. The zero-order valence-corrected chi connectivity index (χ0v) is 17.6. The van der Waals surface area contributed by atoms with E-state index in [4.69, 9.17) is 16.3 Å². The Labute approximate surface area is 174 Å². The quantitative estimate of drug-likeness (QED) is 0.687. The van der Waals surface area contributed by atoms with Crippen LogP contribution in [0.3, 0.4) is 0 Å². The Kier molecular flexibility index (Phi) is 6.87. The predicted molar refractivity (Wildman–Crippen MR) is 113 cm³/mol. The van der Waals surface area contributed by atoms with Gasteiger partial charge in [-0.05, 0) is 13.0 Å². The highest BCUT2D eigenvalue weighted by Gasteiger charge is 2.23. The number of fused-ring (bicyclic) bond motifs is 1. The Morgan fingerprint density at radius 2 is 2.14 bits per heavy atom. The highest BCUT2D eigenvalue weighted by Crippen LogP contribution is 2.27. The van der Waals surface area contributed by atoms with Gasteiger partial charge in [0.2, 0.25) is 5.88 Å². The lowest BCUT2D eigenvalue weighted by atomic mass is 10.1. The van der Waals surface area contributed by atoms with Gasteiger partial charge in [-0.2, -0.15) is 5.10 Å². The van der Waals surface area contributed by atoms with Crippen LogP contribution in [0.4, 0.5) is 5.69 Å². The van der Waals surface area contributed by atoms with E-state index < -0.39 is 0 Å². The number of hydrogen-bond acceptors (Lipinski definition) is 6. The molecule has 0 aromatic carbocycles. The van der Waals surface area contributed by atoms with Gasteiger partial charge < -0.3 is 14.2 Å². The van der Waals surface area contributed by atoms with Crippen LogP contribution in [0.5, 0.6) is 5.88 Å². The number of pyridine rings is 1. The number of hydrogen-bond donors (Lipinski definition) is 1. The van der Waals surface area contributed by atoms with Crippen molar-refractivity contribution in [2.45, 2.75) is 40.3 Å². The second-order valence-electron chi connectivity index (χ2n) is 6.24. The first-order valence-electron chi connectivity index (χ1n) is 9.75. The first-order valence-corrected chi connectivity index (χ1v) is 10.1. The van der Waals surface area contributed by atoms with Crippen molar-refractivity contribution in [3.05, 3.63) is 63.2 Å². The molecule has 1 N–H and O–H groups in total. The van der Waals surface area contributed by atoms with Gasteiger partial charge in [0.05, 0.1) is 49.3 Å². The molecule has 0 saturated heterocycles. The molecule has 9 heteroatoms. The molecule has 0 spiro atoms. The summed E-state index contributed by atoms with van der Waals surface area (Å²) in [6.07, 6.45) is 4.21. The normalized spacial score (nSPS) is 12.8. The van der Waals surface area contributed by atoms with Crippen molar-refractivity contribution in [3.63, 3.8) is 0 Å². The first kappa shape index (κ1) is 20.9. The van der Waals surface area contributed by atoms with E-state index in [0.717, 1.165) is 24.4 Å². The van der Waals surface area contributed by atoms with Crippen LogP contribution in [0.1, 0.15) is 37.9 Å². The SMILES string of the molecule is CC.CCOc1cccc(Cn2cnc3c2CCN(c2cn[nH]c(=O)c2Cl)C3)n1. The number of nitrogens with zero attached hydrogens (tertiary/aromatic N) is 5. The number of H-pyrrole nitrogens is 1. The zero-order chi connectivity index (χ0) is 20.8. The Hall–Kier alpha value is -2.87. The Bertz CT molecular complexity index is 1020. The number of nitrogens with one attached hydrogen (secondary N) is 1. The molecule has 29 heavy (non-hydrogen) atoms. The van der Waals surface area contributed by atoms with Gasteiger partial charge in [0.15, 0.2) is 0 Å². The number of aromatic nitrogens is 5. The van der Waals surface area contributed by atoms with Crippen LogP contribution in [0.15, 0.2) is 35.5 Å². The molecule has 0 bridgehead atoms. The summed E-state index contributed by atoms with van der Waals surface area (Å²) in [4.78, 5) is 22.8. The molecule has 8 nitrogen and oxygen atoms in total. The van der Waals surface area contributed by atoms with Gasteiger partial charge in [-0.15, -0.1) is 0 Å². The van der Waals surface area contributed by atoms with E-state index >= 15 is 0 Å². The topological polar surface area (TPSA) is 88.9 Å². The van der Waals surface area contributed by atoms with Gasteiger partial charge in [0.1, 0.15) is 5.02 Å². The Balaban J connectivity index is 0.00000117. The maximum absolute atomic E-state index is 11.7. The molecule has 4 rings (SSSR count). The van der Waals surface area contributed by atoms with Crippen molar-refractivity contribution in [1.82, 2.24) is 24.7 Å². The molecular weight excluding hydrogens is 392 g/mol. The van der Waals surface area contributed by atoms with E-state index in [2.05, 4.69) is 24.7 Å². The van der Waals surface area contributed by atoms with Crippen molar-refractivity contribution in [1.29, 1.82) is 0 Å². The molecule has 0 radical (unpaired) electrons. The summed E-state index contributed by atoms with van der Waals surface area (Å²) in [5.41, 5.74) is 3.31. The molecule has 0 aliphatic carbocycles. The lowest BCUT2D eigenvalue weighted by molar-refractivity contribution is 0.325. The number of rotatable bonds is 5. The average molecular weight is 417 g/mol. The fourth-order valence-corrected chi connectivity index (χ4v) is 3.47. The van der Waals surface area contributed by atoms with E-state index in [1.54, 1.807) is 6.20 Å². The lowest BCUT2D eigenvalue weighted by Gasteiger charge is -2.29. The molecule has 0 saturated carbocycles. The van der Waals surface area contributed by atoms with Crippen molar-refractivity contribution >= 4 is 17.3 Å². The highest BCUT2D eigenvalue weighted by molar-refractivity contribution is 6.32. The molecule has 154 valence electrons. The van der Waals surface area contributed by atoms with Crippen LogP contribution in [0, 0.1) is 0 Å². The molecule has 1 aliphatic rings. The van der Waals surface area contributed by atoms with Crippen molar-refractivity contribution in [2.75, 3.05) is 18.1 Å². The summed E-state index contributed by atoms with van der Waals surface area (Å²) in [6, 6.07) is 5.78. The maximum atomic E-state index is 11.7. The molecule has 3 aromatic rings. The maximum Gasteiger partial charge on any atom is 0.285 e. The Morgan fingerprint density at radius 3 is 2.93 bits per heavy atom. The highest BCUT2D eigenvalue weighted by atomic mass is 35.5. The summed E-state index contributed by atoms with van der Waals surface area (Å²) in [5, 5.41) is 6.35. The molecule has 4 heterocycles. The second kappa shape index (κ2) is 9.56. The molecule has 1 aliphatic heterocycles. The number of halogens is 1. The van der Waals surface area contributed by atoms with Crippen LogP contribution >= 0.6 is 11.6 Å². The van der Waals surface area contributed by atoms with E-state index in [-0.39, 0.29) is 10.6 Å². The minimum Gasteiger partial charge on any atom is -0.478 e. The van der Waals surface area contributed by atoms with Crippen LogP contribution < -0.4 is 15.2 Å². The van der Waals surface area contributed by atoms with E-state index in [1.165, 1.54) is 5.69 Å². The molecule has 0 atom stereocenters. The van der Waals surface area contributed by atoms with Gasteiger partial charge >= 0.3 is 0 Å². The third kappa shape index (κ3) is 4.59. The molecule has 0 fully saturated rings. The van der Waals surface area contributed by atoms with Crippen molar-refractivity contribution < 1.29 is 4.74 Å². The second-order valence-corrected chi connectivity index (χ2v) is 6.61. The van der Waals surface area contributed by atoms with E-state index in [1.807, 2.05) is 50.2 Å². The van der Waals surface area contributed by atoms with Crippen LogP contribution in [0.2, 0.25) is 5.02 Å². The van der Waals surface area contributed by atoms with Crippen LogP contribution in [-0.2, 0) is 19.5 Å². The third-order valence-electron chi connectivity index (χ3n) is 4.52.